The van der Waals surface area contributed by atoms with Crippen molar-refractivity contribution in [1.82, 2.24) is 10.2 Å². The van der Waals surface area contributed by atoms with E-state index in [1.165, 1.54) is 32.1 Å². The number of piperidine rings is 1. The SMILES string of the molecule is O=C(C1C2CCCC21)N1CCC2NCCC2C1. The Labute approximate surface area is 103 Å². The minimum atomic E-state index is 0.440. The van der Waals surface area contributed by atoms with Crippen LogP contribution in [0.15, 0.2) is 0 Å². The number of carbonyl (C=O) groups excluding carboxylic acids is 1. The quantitative estimate of drug-likeness (QED) is 0.740. The van der Waals surface area contributed by atoms with Crippen molar-refractivity contribution in [3.8, 4) is 0 Å². The smallest absolute Gasteiger partial charge is 0.226 e. The van der Waals surface area contributed by atoms with E-state index in [4.69, 9.17) is 0 Å². The molecule has 0 aromatic heterocycles. The maximum absolute atomic E-state index is 12.5. The number of carbonyl (C=O) groups is 1. The van der Waals surface area contributed by atoms with Gasteiger partial charge in [0.2, 0.25) is 5.91 Å². The summed E-state index contributed by atoms with van der Waals surface area (Å²) >= 11 is 0. The van der Waals surface area contributed by atoms with Gasteiger partial charge in [0.05, 0.1) is 0 Å². The van der Waals surface area contributed by atoms with Gasteiger partial charge in [0.1, 0.15) is 0 Å². The fourth-order valence-corrected chi connectivity index (χ4v) is 4.65. The standard InChI is InChI=1S/C14H22N2O/c17-14(13-10-2-1-3-11(10)13)16-7-5-12-9(8-16)4-6-15-12/h9-13,15H,1-8H2. The van der Waals surface area contributed by atoms with E-state index in [2.05, 4.69) is 10.2 Å². The Morgan fingerprint density at radius 2 is 1.94 bits per heavy atom. The van der Waals surface area contributed by atoms with E-state index in [1.54, 1.807) is 0 Å². The molecule has 0 bridgehead atoms. The summed E-state index contributed by atoms with van der Waals surface area (Å²) in [6.07, 6.45) is 6.46. The van der Waals surface area contributed by atoms with Crippen molar-refractivity contribution in [1.29, 1.82) is 0 Å². The fourth-order valence-electron chi connectivity index (χ4n) is 4.65. The highest BCUT2D eigenvalue weighted by molar-refractivity contribution is 5.82. The Balaban J connectivity index is 1.41. The molecule has 0 spiro atoms. The van der Waals surface area contributed by atoms with Gasteiger partial charge in [-0.3, -0.25) is 4.79 Å². The molecule has 2 aliphatic heterocycles. The van der Waals surface area contributed by atoms with Crippen LogP contribution < -0.4 is 5.32 Å². The van der Waals surface area contributed by atoms with Gasteiger partial charge in [-0.15, -0.1) is 0 Å². The van der Waals surface area contributed by atoms with E-state index >= 15 is 0 Å². The molecule has 2 aliphatic carbocycles. The predicted molar refractivity (Wildman–Crippen MR) is 65.4 cm³/mol. The zero-order chi connectivity index (χ0) is 11.4. The van der Waals surface area contributed by atoms with Crippen LogP contribution in [0.25, 0.3) is 0 Å². The number of likely N-dealkylation sites (tertiary alicyclic amines) is 1. The van der Waals surface area contributed by atoms with Crippen LogP contribution in [-0.4, -0.2) is 36.5 Å². The van der Waals surface area contributed by atoms with Crippen LogP contribution in [0.3, 0.4) is 0 Å². The molecule has 2 saturated heterocycles. The summed E-state index contributed by atoms with van der Waals surface area (Å²) in [5.41, 5.74) is 0. The van der Waals surface area contributed by atoms with Gasteiger partial charge in [0.15, 0.2) is 0 Å². The van der Waals surface area contributed by atoms with Gasteiger partial charge in [-0.1, -0.05) is 6.42 Å². The van der Waals surface area contributed by atoms with E-state index < -0.39 is 0 Å². The molecule has 3 nitrogen and oxygen atoms in total. The second kappa shape index (κ2) is 3.71. The fraction of sp³-hybridized carbons (Fsp3) is 0.929. The summed E-state index contributed by atoms with van der Waals surface area (Å²) in [7, 11) is 0. The molecule has 4 unspecified atom stereocenters. The van der Waals surface area contributed by atoms with Gasteiger partial charge >= 0.3 is 0 Å². The van der Waals surface area contributed by atoms with Gasteiger partial charge in [-0.25, -0.2) is 0 Å². The molecule has 94 valence electrons. The topological polar surface area (TPSA) is 32.3 Å². The van der Waals surface area contributed by atoms with E-state index in [-0.39, 0.29) is 0 Å². The highest BCUT2D eigenvalue weighted by Crippen LogP contribution is 2.58. The van der Waals surface area contributed by atoms with Crippen molar-refractivity contribution in [2.75, 3.05) is 19.6 Å². The number of hydrogen-bond donors (Lipinski definition) is 1. The third-order valence-corrected chi connectivity index (χ3v) is 5.66. The minimum Gasteiger partial charge on any atom is -0.342 e. The van der Waals surface area contributed by atoms with Crippen molar-refractivity contribution in [2.24, 2.45) is 23.7 Å². The molecule has 2 heterocycles. The third-order valence-electron chi connectivity index (χ3n) is 5.66. The van der Waals surface area contributed by atoms with Crippen molar-refractivity contribution >= 4 is 5.91 Å². The first-order valence-corrected chi connectivity index (χ1v) is 7.37. The van der Waals surface area contributed by atoms with Crippen LogP contribution in [0.4, 0.5) is 0 Å². The zero-order valence-electron chi connectivity index (χ0n) is 10.4. The first-order chi connectivity index (χ1) is 8.34. The largest absolute Gasteiger partial charge is 0.342 e. The number of nitrogens with one attached hydrogen (secondary N) is 1. The molecule has 4 rings (SSSR count). The summed E-state index contributed by atoms with van der Waals surface area (Å²) < 4.78 is 0. The Morgan fingerprint density at radius 1 is 1.12 bits per heavy atom. The number of nitrogens with zero attached hydrogens (tertiary/aromatic N) is 1. The summed E-state index contributed by atoms with van der Waals surface area (Å²) in [5, 5.41) is 3.56. The molecule has 1 amide bonds. The molecule has 17 heavy (non-hydrogen) atoms. The van der Waals surface area contributed by atoms with Crippen molar-refractivity contribution in [3.63, 3.8) is 0 Å². The second-order valence-electron chi connectivity index (χ2n) is 6.47. The molecule has 0 radical (unpaired) electrons. The Bertz CT molecular complexity index is 333. The Kier molecular flexibility index (Phi) is 2.26. The molecule has 3 heteroatoms. The van der Waals surface area contributed by atoms with Crippen molar-refractivity contribution < 1.29 is 4.79 Å². The monoisotopic (exact) mass is 234 g/mol. The molecular weight excluding hydrogens is 212 g/mol. The summed E-state index contributed by atoms with van der Waals surface area (Å²) in [5.74, 6) is 3.25. The lowest BCUT2D eigenvalue weighted by molar-refractivity contribution is -0.135. The first kappa shape index (κ1) is 10.4. The summed E-state index contributed by atoms with van der Waals surface area (Å²) in [6, 6.07) is 0.706. The number of fused-ring (bicyclic) bond motifs is 2. The van der Waals surface area contributed by atoms with E-state index in [0.717, 1.165) is 37.4 Å². The molecule has 1 N–H and O–H groups in total. The number of hydrogen-bond acceptors (Lipinski definition) is 2. The van der Waals surface area contributed by atoms with Crippen LogP contribution in [0.1, 0.15) is 32.1 Å². The van der Waals surface area contributed by atoms with E-state index in [1.807, 2.05) is 0 Å². The van der Waals surface area contributed by atoms with Crippen LogP contribution >= 0.6 is 0 Å². The maximum Gasteiger partial charge on any atom is 0.226 e. The van der Waals surface area contributed by atoms with Crippen LogP contribution in [-0.2, 0) is 4.79 Å². The van der Waals surface area contributed by atoms with E-state index in [0.29, 0.717) is 17.9 Å². The predicted octanol–water partition coefficient (Wildman–Crippen LogP) is 1.24. The molecule has 2 saturated carbocycles. The van der Waals surface area contributed by atoms with Crippen molar-refractivity contribution in [2.45, 2.75) is 38.1 Å². The molecule has 0 aromatic rings. The average Bonchev–Trinajstić information content (AvgIpc) is 2.75. The number of rotatable bonds is 1. The molecule has 4 aliphatic rings. The second-order valence-corrected chi connectivity index (χ2v) is 6.47. The first-order valence-electron chi connectivity index (χ1n) is 7.37. The van der Waals surface area contributed by atoms with Crippen molar-refractivity contribution in [3.05, 3.63) is 0 Å². The zero-order valence-corrected chi connectivity index (χ0v) is 10.4. The Morgan fingerprint density at radius 3 is 2.76 bits per heavy atom. The molecule has 4 fully saturated rings. The highest BCUT2D eigenvalue weighted by atomic mass is 16.2. The molecule has 4 atom stereocenters. The normalized spacial score (nSPS) is 47.8. The van der Waals surface area contributed by atoms with Crippen LogP contribution in [0.2, 0.25) is 0 Å². The van der Waals surface area contributed by atoms with Crippen LogP contribution in [0, 0.1) is 23.7 Å². The van der Waals surface area contributed by atoms with Gasteiger partial charge in [0, 0.05) is 25.0 Å². The molecule has 0 aromatic carbocycles. The van der Waals surface area contributed by atoms with Gasteiger partial charge < -0.3 is 10.2 Å². The lowest BCUT2D eigenvalue weighted by Gasteiger charge is -2.35. The van der Waals surface area contributed by atoms with E-state index in [9.17, 15) is 4.79 Å². The minimum absolute atomic E-state index is 0.440. The number of amides is 1. The maximum atomic E-state index is 12.5. The third kappa shape index (κ3) is 1.55. The van der Waals surface area contributed by atoms with Gasteiger partial charge in [-0.05, 0) is 50.0 Å². The Hall–Kier alpha value is -0.570. The lowest BCUT2D eigenvalue weighted by atomic mass is 9.93. The summed E-state index contributed by atoms with van der Waals surface area (Å²) in [4.78, 5) is 14.7. The van der Waals surface area contributed by atoms with Crippen LogP contribution in [0.5, 0.6) is 0 Å². The van der Waals surface area contributed by atoms with Gasteiger partial charge in [0.25, 0.3) is 0 Å². The average molecular weight is 234 g/mol. The summed E-state index contributed by atoms with van der Waals surface area (Å²) in [6.45, 7) is 3.20. The lowest BCUT2D eigenvalue weighted by Crippen LogP contribution is -2.47. The molecular formula is C14H22N2O. The van der Waals surface area contributed by atoms with Gasteiger partial charge in [-0.2, -0.15) is 0 Å². The highest BCUT2D eigenvalue weighted by Gasteiger charge is 2.57.